The molecule has 2 heterocycles. The van der Waals surface area contributed by atoms with Gasteiger partial charge in [-0.2, -0.15) is 4.31 Å². The summed E-state index contributed by atoms with van der Waals surface area (Å²) in [6, 6.07) is 3.32. The largest absolute Gasteiger partial charge is 0.347 e. The van der Waals surface area contributed by atoms with Crippen molar-refractivity contribution < 1.29 is 8.42 Å². The van der Waals surface area contributed by atoms with Crippen LogP contribution in [-0.4, -0.2) is 29.7 Å². The van der Waals surface area contributed by atoms with Gasteiger partial charge in [-0.25, -0.2) is 13.4 Å². The number of aromatic amines is 1. The lowest BCUT2D eigenvalue weighted by Crippen LogP contribution is -2.26. The van der Waals surface area contributed by atoms with Gasteiger partial charge in [-0.1, -0.05) is 6.07 Å². The van der Waals surface area contributed by atoms with E-state index in [1.165, 1.54) is 22.7 Å². The van der Waals surface area contributed by atoms with Gasteiger partial charge in [-0.05, 0) is 11.4 Å². The number of H-pyrrole nitrogens is 1. The molecule has 0 aliphatic rings. The third-order valence-corrected chi connectivity index (χ3v) is 5.26. The molecule has 0 saturated heterocycles. The van der Waals surface area contributed by atoms with Gasteiger partial charge in [0.1, 0.15) is 10.0 Å². The first kappa shape index (κ1) is 11.3. The Hall–Kier alpha value is -1.18. The second kappa shape index (κ2) is 4.36. The first-order valence-electron chi connectivity index (χ1n) is 4.59. The van der Waals surface area contributed by atoms with E-state index in [1.54, 1.807) is 29.9 Å². The molecule has 0 aliphatic heterocycles. The van der Waals surface area contributed by atoms with E-state index in [-0.39, 0.29) is 6.54 Å². The van der Waals surface area contributed by atoms with E-state index in [9.17, 15) is 8.42 Å². The van der Waals surface area contributed by atoms with Crippen molar-refractivity contribution >= 4 is 21.4 Å². The maximum Gasteiger partial charge on any atom is 0.252 e. The van der Waals surface area contributed by atoms with Crippen LogP contribution in [0, 0.1) is 0 Å². The molecule has 7 heteroatoms. The molecule has 2 rings (SSSR count). The van der Waals surface area contributed by atoms with Crippen LogP contribution in [0.3, 0.4) is 0 Å². The lowest BCUT2D eigenvalue weighted by atomic mass is 10.6. The molecule has 0 fully saturated rings. The van der Waals surface area contributed by atoms with E-state index in [0.29, 0.717) is 10.0 Å². The summed E-state index contributed by atoms with van der Waals surface area (Å²) in [5.74, 6) is 0.627. The van der Waals surface area contributed by atoms with E-state index in [1.807, 2.05) is 0 Å². The second-order valence-corrected chi connectivity index (χ2v) is 6.45. The van der Waals surface area contributed by atoms with Gasteiger partial charge in [0.2, 0.25) is 0 Å². The zero-order chi connectivity index (χ0) is 11.6. The van der Waals surface area contributed by atoms with Gasteiger partial charge >= 0.3 is 0 Å². The Morgan fingerprint density at radius 3 is 2.94 bits per heavy atom. The summed E-state index contributed by atoms with van der Waals surface area (Å²) in [7, 11) is -1.84. The molecule has 0 bridgehead atoms. The number of nitrogens with one attached hydrogen (secondary N) is 1. The van der Waals surface area contributed by atoms with Gasteiger partial charge in [0.05, 0.1) is 6.54 Å². The van der Waals surface area contributed by atoms with Crippen molar-refractivity contribution in [2.45, 2.75) is 10.8 Å². The highest BCUT2D eigenvalue weighted by molar-refractivity contribution is 7.91. The Kier molecular flexibility index (Phi) is 3.08. The monoisotopic (exact) mass is 257 g/mol. The predicted molar refractivity (Wildman–Crippen MR) is 61.6 cm³/mol. The highest BCUT2D eigenvalue weighted by Crippen LogP contribution is 2.20. The summed E-state index contributed by atoms with van der Waals surface area (Å²) in [6.45, 7) is 0.243. The molecule has 5 nitrogen and oxygen atoms in total. The van der Waals surface area contributed by atoms with Gasteiger partial charge in [0, 0.05) is 19.4 Å². The molecule has 1 N–H and O–H groups in total. The lowest BCUT2D eigenvalue weighted by Gasteiger charge is -2.14. The molecule has 0 saturated carbocycles. The number of aromatic nitrogens is 2. The number of sulfonamides is 1. The van der Waals surface area contributed by atoms with Crippen LogP contribution in [0.15, 0.2) is 34.1 Å². The topological polar surface area (TPSA) is 66.1 Å². The van der Waals surface area contributed by atoms with Crippen LogP contribution in [0.1, 0.15) is 5.82 Å². The highest BCUT2D eigenvalue weighted by Gasteiger charge is 2.22. The van der Waals surface area contributed by atoms with Crippen molar-refractivity contribution in [1.29, 1.82) is 0 Å². The van der Waals surface area contributed by atoms with Gasteiger partial charge in [-0.3, -0.25) is 0 Å². The Labute approximate surface area is 97.8 Å². The molecular weight excluding hydrogens is 246 g/mol. The van der Waals surface area contributed by atoms with Crippen LogP contribution in [-0.2, 0) is 16.6 Å². The Morgan fingerprint density at radius 2 is 2.38 bits per heavy atom. The normalized spacial score (nSPS) is 12.1. The minimum absolute atomic E-state index is 0.243. The summed E-state index contributed by atoms with van der Waals surface area (Å²) in [4.78, 5) is 6.86. The predicted octanol–water partition coefficient (Wildman–Crippen LogP) is 1.29. The average molecular weight is 257 g/mol. The fourth-order valence-electron chi connectivity index (χ4n) is 1.24. The van der Waals surface area contributed by atoms with Gasteiger partial charge < -0.3 is 4.98 Å². The van der Waals surface area contributed by atoms with Crippen LogP contribution >= 0.6 is 11.3 Å². The van der Waals surface area contributed by atoms with Crippen molar-refractivity contribution in [2.24, 2.45) is 0 Å². The molecule has 2 aromatic heterocycles. The van der Waals surface area contributed by atoms with Crippen LogP contribution in [0.25, 0.3) is 0 Å². The molecule has 2 aromatic rings. The molecule has 0 unspecified atom stereocenters. The van der Waals surface area contributed by atoms with Crippen molar-refractivity contribution in [1.82, 2.24) is 14.3 Å². The van der Waals surface area contributed by atoms with Gasteiger partial charge in [0.25, 0.3) is 10.0 Å². The second-order valence-electron chi connectivity index (χ2n) is 3.23. The van der Waals surface area contributed by atoms with Crippen LogP contribution in [0.5, 0.6) is 0 Å². The smallest absolute Gasteiger partial charge is 0.252 e. The van der Waals surface area contributed by atoms with Gasteiger partial charge in [0.15, 0.2) is 0 Å². The number of rotatable bonds is 4. The first-order chi connectivity index (χ1) is 7.60. The van der Waals surface area contributed by atoms with E-state index in [2.05, 4.69) is 9.97 Å². The van der Waals surface area contributed by atoms with E-state index >= 15 is 0 Å². The fraction of sp³-hybridized carbons (Fsp3) is 0.222. The van der Waals surface area contributed by atoms with Crippen LogP contribution in [0.4, 0.5) is 0 Å². The third kappa shape index (κ3) is 2.16. The number of nitrogens with zero attached hydrogens (tertiary/aromatic N) is 2. The maximum atomic E-state index is 12.0. The molecule has 16 heavy (non-hydrogen) atoms. The standard InChI is InChI=1S/C9H11N3O2S2/c1-12(7-8-10-4-5-11-8)16(13,14)9-3-2-6-15-9/h2-6H,7H2,1H3,(H,10,11). The highest BCUT2D eigenvalue weighted by atomic mass is 32.2. The summed E-state index contributed by atoms with van der Waals surface area (Å²) in [5, 5.41) is 1.74. The summed E-state index contributed by atoms with van der Waals surface area (Å²) < 4.78 is 25.7. The average Bonchev–Trinajstić information content (AvgIpc) is 2.89. The Bertz CT molecular complexity index is 531. The number of imidazole rings is 1. The first-order valence-corrected chi connectivity index (χ1v) is 6.91. The number of hydrogen-bond donors (Lipinski definition) is 1. The molecule has 0 atom stereocenters. The molecule has 0 aromatic carbocycles. The SMILES string of the molecule is CN(Cc1ncc[nH]1)S(=O)(=O)c1cccs1. The van der Waals surface area contributed by atoms with Crippen molar-refractivity contribution in [3.63, 3.8) is 0 Å². The quantitative estimate of drug-likeness (QED) is 0.897. The maximum absolute atomic E-state index is 12.0. The van der Waals surface area contributed by atoms with Crippen LogP contribution < -0.4 is 0 Å². The van der Waals surface area contributed by atoms with Crippen LogP contribution in [0.2, 0.25) is 0 Å². The summed E-state index contributed by atoms with van der Waals surface area (Å²) in [6.07, 6.45) is 3.27. The van der Waals surface area contributed by atoms with E-state index < -0.39 is 10.0 Å². The van der Waals surface area contributed by atoms with Crippen molar-refractivity contribution in [3.8, 4) is 0 Å². The fourth-order valence-corrected chi connectivity index (χ4v) is 3.58. The Balaban J connectivity index is 2.19. The van der Waals surface area contributed by atoms with Crippen molar-refractivity contribution in [2.75, 3.05) is 7.05 Å². The number of hydrogen-bond acceptors (Lipinski definition) is 4. The molecule has 0 spiro atoms. The minimum atomic E-state index is -3.38. The van der Waals surface area contributed by atoms with E-state index in [0.717, 1.165) is 0 Å². The van der Waals surface area contributed by atoms with E-state index in [4.69, 9.17) is 0 Å². The summed E-state index contributed by atoms with van der Waals surface area (Å²) in [5.41, 5.74) is 0. The molecule has 0 amide bonds. The molecule has 0 aliphatic carbocycles. The van der Waals surface area contributed by atoms with Crippen molar-refractivity contribution in [3.05, 3.63) is 35.7 Å². The molecule has 86 valence electrons. The Morgan fingerprint density at radius 1 is 1.56 bits per heavy atom. The lowest BCUT2D eigenvalue weighted by molar-refractivity contribution is 0.460. The zero-order valence-electron chi connectivity index (χ0n) is 8.62. The zero-order valence-corrected chi connectivity index (χ0v) is 10.3. The minimum Gasteiger partial charge on any atom is -0.347 e. The third-order valence-electron chi connectivity index (χ3n) is 2.09. The molecular formula is C9H11N3O2S2. The number of thiophene rings is 1. The van der Waals surface area contributed by atoms with Gasteiger partial charge in [-0.15, -0.1) is 11.3 Å². The molecule has 0 radical (unpaired) electrons. The summed E-state index contributed by atoms with van der Waals surface area (Å²) >= 11 is 1.21.